The molecule has 3 amide bonds. The van der Waals surface area contributed by atoms with E-state index in [-0.39, 0.29) is 5.56 Å². The van der Waals surface area contributed by atoms with E-state index in [0.29, 0.717) is 12.1 Å². The van der Waals surface area contributed by atoms with Crippen LogP contribution in [0, 0.1) is 11.6 Å². The maximum atomic E-state index is 14.4. The number of ether oxygens (including phenoxy) is 1. The van der Waals surface area contributed by atoms with E-state index in [1.165, 1.54) is 0 Å². The van der Waals surface area contributed by atoms with Crippen LogP contribution in [0.15, 0.2) is 24.4 Å². The quantitative estimate of drug-likeness (QED) is 0.594. The summed E-state index contributed by atoms with van der Waals surface area (Å²) in [5.41, 5.74) is 2.25. The van der Waals surface area contributed by atoms with Crippen LogP contribution in [0.4, 0.5) is 39.9 Å². The molecule has 16 heteroatoms. The Labute approximate surface area is 184 Å². The van der Waals surface area contributed by atoms with Crippen molar-refractivity contribution in [1.29, 1.82) is 0 Å². The van der Waals surface area contributed by atoms with Gasteiger partial charge in [0.2, 0.25) is 5.91 Å². The van der Waals surface area contributed by atoms with Crippen LogP contribution in [0.3, 0.4) is 0 Å². The molecule has 1 aliphatic heterocycles. The number of primary amides is 1. The van der Waals surface area contributed by atoms with Crippen LogP contribution in [-0.4, -0.2) is 52.2 Å². The van der Waals surface area contributed by atoms with E-state index in [1.54, 1.807) is 0 Å². The summed E-state index contributed by atoms with van der Waals surface area (Å²) in [6.07, 6.45) is -9.30. The van der Waals surface area contributed by atoms with Crippen molar-refractivity contribution in [2.75, 3.05) is 13.2 Å². The molecule has 0 spiro atoms. The molecule has 0 bridgehead atoms. The summed E-state index contributed by atoms with van der Waals surface area (Å²) in [5.74, 6) is -5.21. The Morgan fingerprint density at radius 2 is 1.88 bits per heavy atom. The second-order valence-corrected chi connectivity index (χ2v) is 6.98. The van der Waals surface area contributed by atoms with Crippen LogP contribution in [0.1, 0.15) is 23.0 Å². The zero-order chi connectivity index (χ0) is 25.4. The number of nitrogens with zero attached hydrogens (tertiary/aromatic N) is 3. The summed E-state index contributed by atoms with van der Waals surface area (Å²) in [7, 11) is 0. The van der Waals surface area contributed by atoms with E-state index in [1.807, 2.05) is 0 Å². The van der Waals surface area contributed by atoms with E-state index in [9.17, 15) is 44.7 Å². The summed E-state index contributed by atoms with van der Waals surface area (Å²) in [5, 5.41) is 2.17. The minimum atomic E-state index is -5.23. The van der Waals surface area contributed by atoms with Gasteiger partial charge in [0, 0.05) is 11.8 Å². The van der Waals surface area contributed by atoms with Gasteiger partial charge in [-0.2, -0.15) is 26.3 Å². The van der Waals surface area contributed by atoms with E-state index in [4.69, 9.17) is 5.73 Å². The topological polar surface area (TPSA) is 110 Å². The third-order valence-corrected chi connectivity index (χ3v) is 4.53. The van der Waals surface area contributed by atoms with Crippen LogP contribution < -0.4 is 15.8 Å². The van der Waals surface area contributed by atoms with Crippen molar-refractivity contribution in [2.24, 2.45) is 5.73 Å². The molecule has 1 unspecified atom stereocenters. The average molecular weight is 499 g/mol. The van der Waals surface area contributed by atoms with E-state index < -0.39 is 78.4 Å². The molecule has 2 aromatic rings. The summed E-state index contributed by atoms with van der Waals surface area (Å²) in [4.78, 5) is 31.3. The summed E-state index contributed by atoms with van der Waals surface area (Å²) in [6.45, 7) is -2.36. The molecule has 3 N–H and O–H groups in total. The summed E-state index contributed by atoms with van der Waals surface area (Å²) < 4.78 is 109. The lowest BCUT2D eigenvalue weighted by atomic mass is 10.0. The number of rotatable bonds is 6. The Balaban J connectivity index is 2.08. The Kier molecular flexibility index (Phi) is 6.53. The number of aromatic nitrogens is 2. The number of carbonyl (C=O) groups excluding carboxylic acids is 2. The zero-order valence-electron chi connectivity index (χ0n) is 16.5. The molecule has 2 atom stereocenters. The lowest BCUT2D eigenvalue weighted by Crippen LogP contribution is -2.39. The van der Waals surface area contributed by atoms with Crippen LogP contribution >= 0.6 is 0 Å². The van der Waals surface area contributed by atoms with Crippen LogP contribution in [0.5, 0.6) is 5.88 Å². The van der Waals surface area contributed by atoms with Gasteiger partial charge in [-0.25, -0.2) is 23.5 Å². The molecule has 1 fully saturated rings. The molecule has 1 aliphatic rings. The molecular weight excluding hydrogens is 486 g/mol. The third-order valence-electron chi connectivity index (χ3n) is 4.53. The minimum absolute atomic E-state index is 0.357. The zero-order valence-corrected chi connectivity index (χ0v) is 16.5. The molecule has 184 valence electrons. The SMILES string of the molecule is NC(=O)C1CN([C@H](c2cnc(OCC(F)(F)F)c(F)c2)c2ccc(F)c(C(F)(F)F)n2)C(=O)N1. The Hall–Kier alpha value is -3.72. The van der Waals surface area contributed by atoms with Gasteiger partial charge in [0.25, 0.3) is 5.88 Å². The molecule has 2 aromatic heterocycles. The maximum absolute atomic E-state index is 14.4. The van der Waals surface area contributed by atoms with Crippen molar-refractivity contribution >= 4 is 11.9 Å². The number of hydrogen-bond donors (Lipinski definition) is 2. The van der Waals surface area contributed by atoms with Crippen molar-refractivity contribution in [3.8, 4) is 5.88 Å². The van der Waals surface area contributed by atoms with E-state index in [2.05, 4.69) is 20.0 Å². The molecule has 0 radical (unpaired) electrons. The number of amides is 3. The molecule has 0 aliphatic carbocycles. The first kappa shape index (κ1) is 24.9. The largest absolute Gasteiger partial charge is 0.466 e. The number of alkyl halides is 6. The van der Waals surface area contributed by atoms with Gasteiger partial charge in [0.05, 0.1) is 12.2 Å². The first-order chi connectivity index (χ1) is 15.7. The number of carbonyl (C=O) groups is 2. The van der Waals surface area contributed by atoms with Gasteiger partial charge >= 0.3 is 18.4 Å². The highest BCUT2D eigenvalue weighted by Crippen LogP contribution is 2.35. The van der Waals surface area contributed by atoms with E-state index >= 15 is 0 Å². The number of pyridine rings is 2. The van der Waals surface area contributed by atoms with Crippen molar-refractivity contribution in [3.05, 3.63) is 53.0 Å². The molecule has 3 heterocycles. The normalized spacial score (nSPS) is 17.5. The fourth-order valence-corrected chi connectivity index (χ4v) is 3.11. The average Bonchev–Trinajstić information content (AvgIpc) is 3.09. The summed E-state index contributed by atoms with van der Waals surface area (Å²) in [6, 6.07) is -2.18. The smallest absolute Gasteiger partial charge is 0.436 e. The Morgan fingerprint density at radius 1 is 1.21 bits per heavy atom. The standard InChI is InChI=1S/C18H13F8N5O3/c19-8-1-2-10(29-13(8)18(24,25)26)12(31-5-11(14(27)32)30-16(31)33)7-3-9(20)15(28-4-7)34-6-17(21,22)23/h1-4,11-12H,5-6H2,(H2,27,32)(H,30,33)/t11?,12-/m1/s1. The molecular formula is C18H13F8N5O3. The number of nitrogens with two attached hydrogens (primary N) is 1. The first-order valence-corrected chi connectivity index (χ1v) is 9.12. The predicted octanol–water partition coefficient (Wildman–Crippen LogP) is 2.68. The van der Waals surface area contributed by atoms with Gasteiger partial charge in [-0.1, -0.05) is 0 Å². The van der Waals surface area contributed by atoms with E-state index in [0.717, 1.165) is 17.2 Å². The lowest BCUT2D eigenvalue weighted by molar-refractivity contribution is -0.154. The Morgan fingerprint density at radius 3 is 2.41 bits per heavy atom. The molecule has 8 nitrogen and oxygen atoms in total. The lowest BCUT2D eigenvalue weighted by Gasteiger charge is -2.27. The maximum Gasteiger partial charge on any atom is 0.436 e. The third kappa shape index (κ3) is 5.43. The minimum Gasteiger partial charge on any atom is -0.466 e. The van der Waals surface area contributed by atoms with Crippen molar-refractivity contribution < 1.29 is 49.4 Å². The highest BCUT2D eigenvalue weighted by atomic mass is 19.4. The predicted molar refractivity (Wildman–Crippen MR) is 95.0 cm³/mol. The fraction of sp³-hybridized carbons (Fsp3) is 0.333. The number of nitrogens with one attached hydrogen (secondary N) is 1. The second-order valence-electron chi connectivity index (χ2n) is 6.98. The Bertz CT molecular complexity index is 1110. The molecule has 3 rings (SSSR count). The van der Waals surface area contributed by atoms with Gasteiger partial charge in [0.15, 0.2) is 23.9 Å². The van der Waals surface area contributed by atoms with Crippen LogP contribution in [-0.2, 0) is 11.0 Å². The molecule has 0 aromatic carbocycles. The van der Waals surface area contributed by atoms with Crippen molar-refractivity contribution in [2.45, 2.75) is 24.4 Å². The van der Waals surface area contributed by atoms with Crippen molar-refractivity contribution in [1.82, 2.24) is 20.2 Å². The van der Waals surface area contributed by atoms with Gasteiger partial charge in [-0.3, -0.25) is 4.79 Å². The monoisotopic (exact) mass is 499 g/mol. The number of hydrogen-bond acceptors (Lipinski definition) is 5. The first-order valence-electron chi connectivity index (χ1n) is 9.12. The fourth-order valence-electron chi connectivity index (χ4n) is 3.11. The molecule has 0 saturated carbocycles. The van der Waals surface area contributed by atoms with Gasteiger partial charge in [-0.05, 0) is 18.2 Å². The molecule has 1 saturated heterocycles. The second kappa shape index (κ2) is 8.90. The number of urea groups is 1. The van der Waals surface area contributed by atoms with Gasteiger partial charge < -0.3 is 20.7 Å². The summed E-state index contributed by atoms with van der Waals surface area (Å²) >= 11 is 0. The molecule has 34 heavy (non-hydrogen) atoms. The highest BCUT2D eigenvalue weighted by Gasteiger charge is 2.41. The highest BCUT2D eigenvalue weighted by molar-refractivity contribution is 5.89. The number of halogens is 8. The van der Waals surface area contributed by atoms with Gasteiger partial charge in [0.1, 0.15) is 12.1 Å². The van der Waals surface area contributed by atoms with Crippen LogP contribution in [0.2, 0.25) is 0 Å². The van der Waals surface area contributed by atoms with Crippen LogP contribution in [0.25, 0.3) is 0 Å². The van der Waals surface area contributed by atoms with Crippen molar-refractivity contribution in [3.63, 3.8) is 0 Å². The van der Waals surface area contributed by atoms with Gasteiger partial charge in [-0.15, -0.1) is 0 Å².